The van der Waals surface area contributed by atoms with Gasteiger partial charge in [-0.1, -0.05) is 0 Å². The van der Waals surface area contributed by atoms with E-state index in [0.29, 0.717) is 6.54 Å². The Balaban J connectivity index is 1.98. The van der Waals surface area contributed by atoms with E-state index in [1.54, 1.807) is 25.7 Å². The number of aliphatic carboxylic acids is 1. The highest BCUT2D eigenvalue weighted by Gasteiger charge is 2.58. The summed E-state index contributed by atoms with van der Waals surface area (Å²) in [5.74, 6) is -1.07. The number of rotatable bonds is 1. The summed E-state index contributed by atoms with van der Waals surface area (Å²) in [7, 11) is 0. The molecule has 16 heavy (non-hydrogen) atoms. The van der Waals surface area contributed by atoms with Crippen LogP contribution in [0, 0.1) is 11.8 Å². The van der Waals surface area contributed by atoms with Crippen LogP contribution in [0.2, 0.25) is 0 Å². The maximum atomic E-state index is 11.8. The fourth-order valence-electron chi connectivity index (χ4n) is 2.27. The third-order valence-corrected chi connectivity index (χ3v) is 3.06. The van der Waals surface area contributed by atoms with E-state index < -0.39 is 17.5 Å². The van der Waals surface area contributed by atoms with Crippen LogP contribution in [0.5, 0.6) is 0 Å². The number of carbonyl (C=O) groups excluding carboxylic acids is 1. The second kappa shape index (κ2) is 3.37. The molecular weight excluding hydrogens is 210 g/mol. The highest BCUT2D eigenvalue weighted by molar-refractivity contribution is 5.76. The molecular formula is C11H17NO4. The lowest BCUT2D eigenvalue weighted by atomic mass is 10.1. The first-order chi connectivity index (χ1) is 7.29. The molecule has 0 bridgehead atoms. The van der Waals surface area contributed by atoms with Gasteiger partial charge in [0.1, 0.15) is 5.60 Å². The van der Waals surface area contributed by atoms with Crippen molar-refractivity contribution in [2.45, 2.75) is 38.8 Å². The van der Waals surface area contributed by atoms with E-state index in [0.717, 1.165) is 6.42 Å². The fraction of sp³-hybridized carbons (Fsp3) is 0.818. The van der Waals surface area contributed by atoms with E-state index in [1.807, 2.05) is 0 Å². The number of carbonyl (C=O) groups is 2. The third-order valence-electron chi connectivity index (χ3n) is 3.06. The summed E-state index contributed by atoms with van der Waals surface area (Å²) in [6, 6.07) is 0.0935. The first-order valence-corrected chi connectivity index (χ1v) is 5.52. The van der Waals surface area contributed by atoms with E-state index in [2.05, 4.69) is 0 Å². The van der Waals surface area contributed by atoms with Gasteiger partial charge in [-0.05, 0) is 33.1 Å². The van der Waals surface area contributed by atoms with Crippen molar-refractivity contribution < 1.29 is 19.4 Å². The molecule has 1 aliphatic heterocycles. The van der Waals surface area contributed by atoms with Crippen LogP contribution in [-0.2, 0) is 9.53 Å². The molecule has 1 N–H and O–H groups in total. The largest absolute Gasteiger partial charge is 0.481 e. The number of carboxylic acids is 1. The van der Waals surface area contributed by atoms with E-state index in [9.17, 15) is 9.59 Å². The van der Waals surface area contributed by atoms with Gasteiger partial charge in [-0.3, -0.25) is 4.79 Å². The highest BCUT2D eigenvalue weighted by Crippen LogP contribution is 2.48. The van der Waals surface area contributed by atoms with E-state index in [-0.39, 0.29) is 18.1 Å². The number of likely N-dealkylation sites (tertiary alicyclic amines) is 1. The van der Waals surface area contributed by atoms with Gasteiger partial charge in [0.25, 0.3) is 0 Å². The summed E-state index contributed by atoms with van der Waals surface area (Å²) in [6.07, 6.45) is 0.416. The smallest absolute Gasteiger partial charge is 0.410 e. The molecule has 1 saturated heterocycles. The van der Waals surface area contributed by atoms with Crippen LogP contribution in [0.15, 0.2) is 0 Å². The Morgan fingerprint density at radius 1 is 1.38 bits per heavy atom. The van der Waals surface area contributed by atoms with Crippen LogP contribution >= 0.6 is 0 Å². The van der Waals surface area contributed by atoms with Crippen molar-refractivity contribution in [3.8, 4) is 0 Å². The molecule has 3 atom stereocenters. The number of piperidine rings is 1. The highest BCUT2D eigenvalue weighted by atomic mass is 16.6. The molecule has 5 heteroatoms. The molecule has 0 spiro atoms. The standard InChI is InChI=1S/C11H17NO4/c1-11(2,3)16-10(15)12-5-7(9(13)14)6-4-8(6)12/h6-8H,4-5H2,1-3H3,(H,13,14)/t6-,7+,8-/m1/s1. The van der Waals surface area contributed by atoms with Gasteiger partial charge in [-0.25, -0.2) is 4.79 Å². The summed E-state index contributed by atoms with van der Waals surface area (Å²) in [5, 5.41) is 8.96. The average Bonchev–Trinajstić information content (AvgIpc) is 2.76. The summed E-state index contributed by atoms with van der Waals surface area (Å²) in [6.45, 7) is 5.71. The summed E-state index contributed by atoms with van der Waals surface area (Å²) in [5.41, 5.74) is -0.525. The Morgan fingerprint density at radius 2 is 2.00 bits per heavy atom. The predicted molar refractivity (Wildman–Crippen MR) is 56.0 cm³/mol. The second-order valence-corrected chi connectivity index (χ2v) is 5.54. The number of fused-ring (bicyclic) bond motifs is 1. The van der Waals surface area contributed by atoms with Crippen molar-refractivity contribution >= 4 is 12.1 Å². The second-order valence-electron chi connectivity index (χ2n) is 5.54. The zero-order valence-corrected chi connectivity index (χ0v) is 9.77. The minimum Gasteiger partial charge on any atom is -0.481 e. The number of hydrogen-bond donors (Lipinski definition) is 1. The molecule has 0 unspecified atom stereocenters. The number of carboxylic acid groups (broad SMARTS) is 1. The van der Waals surface area contributed by atoms with Gasteiger partial charge in [-0.15, -0.1) is 0 Å². The van der Waals surface area contributed by atoms with Crippen molar-refractivity contribution in [3.63, 3.8) is 0 Å². The molecule has 1 amide bonds. The van der Waals surface area contributed by atoms with Gasteiger partial charge < -0.3 is 14.7 Å². The van der Waals surface area contributed by atoms with E-state index >= 15 is 0 Å². The Hall–Kier alpha value is -1.26. The molecule has 0 aromatic carbocycles. The SMILES string of the molecule is CC(C)(C)OC(=O)N1C[C@H](C(=O)O)[C@H]2C[C@H]21. The molecule has 0 aromatic rings. The number of amides is 1. The molecule has 90 valence electrons. The molecule has 1 heterocycles. The van der Waals surface area contributed by atoms with Gasteiger partial charge in [0, 0.05) is 12.6 Å². The maximum absolute atomic E-state index is 11.8. The predicted octanol–water partition coefficient (Wildman–Crippen LogP) is 1.33. The van der Waals surface area contributed by atoms with Gasteiger partial charge in [0.2, 0.25) is 0 Å². The normalized spacial score (nSPS) is 32.2. The molecule has 1 saturated carbocycles. The van der Waals surface area contributed by atoms with Crippen LogP contribution in [0.1, 0.15) is 27.2 Å². The Kier molecular flexibility index (Phi) is 2.36. The number of ether oxygens (including phenoxy) is 1. The first-order valence-electron chi connectivity index (χ1n) is 5.52. The Morgan fingerprint density at radius 3 is 2.44 bits per heavy atom. The molecule has 0 radical (unpaired) electrons. The molecule has 2 aliphatic rings. The Labute approximate surface area is 94.4 Å². The molecule has 5 nitrogen and oxygen atoms in total. The lowest BCUT2D eigenvalue weighted by Gasteiger charge is -2.25. The number of hydrogen-bond acceptors (Lipinski definition) is 3. The first kappa shape index (κ1) is 11.2. The monoisotopic (exact) mass is 227 g/mol. The maximum Gasteiger partial charge on any atom is 0.410 e. The summed E-state index contributed by atoms with van der Waals surface area (Å²) >= 11 is 0. The van der Waals surface area contributed by atoms with Crippen LogP contribution in [0.3, 0.4) is 0 Å². The Bertz CT molecular complexity index is 333. The topological polar surface area (TPSA) is 66.8 Å². The van der Waals surface area contributed by atoms with Gasteiger partial charge in [-0.2, -0.15) is 0 Å². The van der Waals surface area contributed by atoms with Gasteiger partial charge in [0.15, 0.2) is 0 Å². The molecule has 1 aliphatic carbocycles. The van der Waals surface area contributed by atoms with E-state index in [4.69, 9.17) is 9.84 Å². The minimum atomic E-state index is -0.807. The van der Waals surface area contributed by atoms with Crippen molar-refractivity contribution in [2.75, 3.05) is 6.54 Å². The number of nitrogens with zero attached hydrogens (tertiary/aromatic N) is 1. The summed E-state index contributed by atoms with van der Waals surface area (Å²) in [4.78, 5) is 24.3. The zero-order chi connectivity index (χ0) is 12.1. The van der Waals surface area contributed by atoms with E-state index in [1.165, 1.54) is 0 Å². The van der Waals surface area contributed by atoms with Gasteiger partial charge in [0.05, 0.1) is 5.92 Å². The van der Waals surface area contributed by atoms with Crippen LogP contribution in [0.4, 0.5) is 4.79 Å². The van der Waals surface area contributed by atoms with Crippen molar-refractivity contribution in [1.82, 2.24) is 4.90 Å². The average molecular weight is 227 g/mol. The van der Waals surface area contributed by atoms with Crippen molar-refractivity contribution in [2.24, 2.45) is 11.8 Å². The third kappa shape index (κ3) is 1.99. The summed E-state index contributed by atoms with van der Waals surface area (Å²) < 4.78 is 5.24. The lowest BCUT2D eigenvalue weighted by Crippen LogP contribution is -2.38. The fourth-order valence-corrected chi connectivity index (χ4v) is 2.27. The van der Waals surface area contributed by atoms with Crippen molar-refractivity contribution in [3.05, 3.63) is 0 Å². The molecule has 2 rings (SSSR count). The quantitative estimate of drug-likeness (QED) is 0.733. The molecule has 2 fully saturated rings. The molecule has 0 aromatic heterocycles. The van der Waals surface area contributed by atoms with Gasteiger partial charge >= 0.3 is 12.1 Å². The van der Waals surface area contributed by atoms with Crippen molar-refractivity contribution in [1.29, 1.82) is 0 Å². The van der Waals surface area contributed by atoms with Crippen LogP contribution < -0.4 is 0 Å². The zero-order valence-electron chi connectivity index (χ0n) is 9.77. The van der Waals surface area contributed by atoms with Crippen LogP contribution in [0.25, 0.3) is 0 Å². The van der Waals surface area contributed by atoms with Crippen LogP contribution in [-0.4, -0.2) is 40.3 Å². The lowest BCUT2D eigenvalue weighted by molar-refractivity contribution is -0.142. The minimum absolute atomic E-state index is 0.0935.